The van der Waals surface area contributed by atoms with E-state index in [9.17, 15) is 19.2 Å². The van der Waals surface area contributed by atoms with E-state index in [-0.39, 0.29) is 5.82 Å². The number of anilines is 1. The normalized spacial score (nSPS) is 10.9. The van der Waals surface area contributed by atoms with Crippen molar-refractivity contribution in [2.24, 2.45) is 14.1 Å². The summed E-state index contributed by atoms with van der Waals surface area (Å²) >= 11 is 0. The number of aromatic nitrogens is 2. The summed E-state index contributed by atoms with van der Waals surface area (Å²) in [5, 5.41) is 5.64. The Morgan fingerprint density at radius 3 is 2.06 bits per heavy atom. The van der Waals surface area contributed by atoms with Crippen LogP contribution < -0.4 is 16.6 Å². The van der Waals surface area contributed by atoms with Gasteiger partial charge in [-0.05, 0) is 27.6 Å². The Kier molecular flexibility index (Phi) is 5.12. The minimum atomic E-state index is -0.666. The zero-order chi connectivity index (χ0) is 22.1. The third-order valence-electron chi connectivity index (χ3n) is 5.10. The van der Waals surface area contributed by atoms with Gasteiger partial charge in [-0.3, -0.25) is 18.7 Å². The first-order valence-electron chi connectivity index (χ1n) is 9.51. The fraction of sp³-hybridized carbons (Fsp3) is 0.130. The van der Waals surface area contributed by atoms with Gasteiger partial charge in [0.25, 0.3) is 11.5 Å². The molecule has 0 aliphatic heterocycles. The Balaban J connectivity index is 1.60. The lowest BCUT2D eigenvalue weighted by molar-refractivity contribution is -0.119. The zero-order valence-corrected chi connectivity index (χ0v) is 16.9. The van der Waals surface area contributed by atoms with Crippen LogP contribution >= 0.6 is 0 Å². The lowest BCUT2D eigenvalue weighted by Crippen LogP contribution is -2.38. The van der Waals surface area contributed by atoms with Crippen LogP contribution in [0.2, 0.25) is 0 Å². The molecule has 156 valence electrons. The molecule has 0 fully saturated rings. The molecule has 0 bridgehead atoms. The van der Waals surface area contributed by atoms with Crippen molar-refractivity contribution in [1.29, 1.82) is 0 Å². The molecule has 0 aliphatic rings. The van der Waals surface area contributed by atoms with Gasteiger partial charge in [0.15, 0.2) is 6.61 Å². The van der Waals surface area contributed by atoms with Gasteiger partial charge >= 0.3 is 11.7 Å². The molecule has 4 rings (SSSR count). The van der Waals surface area contributed by atoms with Crippen LogP contribution in [0.25, 0.3) is 21.5 Å². The molecule has 1 heterocycles. The number of hydrogen-bond donors (Lipinski definition) is 1. The van der Waals surface area contributed by atoms with Crippen molar-refractivity contribution in [2.45, 2.75) is 0 Å². The number of esters is 1. The van der Waals surface area contributed by atoms with Crippen molar-refractivity contribution in [1.82, 2.24) is 9.13 Å². The molecule has 0 saturated heterocycles. The maximum absolute atomic E-state index is 12.9. The molecule has 1 aromatic heterocycles. The van der Waals surface area contributed by atoms with Crippen LogP contribution in [-0.2, 0) is 23.6 Å². The minimum absolute atomic E-state index is 0.0183. The highest BCUT2D eigenvalue weighted by molar-refractivity contribution is 6.16. The molecule has 0 atom stereocenters. The number of hydrogen-bond acceptors (Lipinski definition) is 5. The van der Waals surface area contributed by atoms with Gasteiger partial charge in [-0.2, -0.15) is 0 Å². The van der Waals surface area contributed by atoms with Crippen LogP contribution in [0.3, 0.4) is 0 Å². The van der Waals surface area contributed by atoms with Gasteiger partial charge in [-0.1, -0.05) is 48.5 Å². The average molecular weight is 417 g/mol. The van der Waals surface area contributed by atoms with E-state index in [1.54, 1.807) is 0 Å². The van der Waals surface area contributed by atoms with Crippen molar-refractivity contribution in [2.75, 3.05) is 11.9 Å². The number of ether oxygens (including phenoxy) is 1. The second kappa shape index (κ2) is 7.91. The number of nitrogens with one attached hydrogen (secondary N) is 1. The zero-order valence-electron chi connectivity index (χ0n) is 16.9. The smallest absolute Gasteiger partial charge is 0.339 e. The van der Waals surface area contributed by atoms with Crippen LogP contribution in [0, 0.1) is 0 Å². The van der Waals surface area contributed by atoms with Gasteiger partial charge in [0.05, 0.1) is 5.56 Å². The van der Waals surface area contributed by atoms with Crippen LogP contribution in [0.4, 0.5) is 5.82 Å². The van der Waals surface area contributed by atoms with Crippen LogP contribution in [-0.4, -0.2) is 27.6 Å². The topological polar surface area (TPSA) is 99.4 Å². The molecule has 4 aromatic rings. The second-order valence-corrected chi connectivity index (χ2v) is 7.09. The third-order valence-corrected chi connectivity index (χ3v) is 5.10. The van der Waals surface area contributed by atoms with E-state index in [1.807, 2.05) is 54.6 Å². The van der Waals surface area contributed by atoms with Gasteiger partial charge < -0.3 is 10.1 Å². The standard InChI is InChI=1S/C23H19N3O5/c1-25-18(12-20(28)26(2)23(25)30)24-19(27)13-31-22(29)21-16-9-5-3-7-14(16)11-15-8-4-6-10-17(15)21/h3-12H,13H2,1-2H3,(H,24,27). The summed E-state index contributed by atoms with van der Waals surface area (Å²) in [5.74, 6) is -1.29. The monoisotopic (exact) mass is 417 g/mol. The molecule has 8 nitrogen and oxygen atoms in total. The Labute approximate surface area is 176 Å². The lowest BCUT2D eigenvalue weighted by Gasteiger charge is -2.13. The fourth-order valence-corrected chi connectivity index (χ4v) is 3.47. The van der Waals surface area contributed by atoms with Crippen LogP contribution in [0.1, 0.15) is 10.4 Å². The molecule has 3 aromatic carbocycles. The second-order valence-electron chi connectivity index (χ2n) is 7.09. The lowest BCUT2D eigenvalue weighted by atomic mass is 9.97. The van der Waals surface area contributed by atoms with E-state index in [0.717, 1.165) is 36.7 Å². The predicted octanol–water partition coefficient (Wildman–Crippen LogP) is 2.19. The first-order valence-corrected chi connectivity index (χ1v) is 9.51. The maximum Gasteiger partial charge on any atom is 0.339 e. The summed E-state index contributed by atoms with van der Waals surface area (Å²) in [7, 11) is 2.76. The van der Waals surface area contributed by atoms with Crippen LogP contribution in [0.15, 0.2) is 70.3 Å². The molecule has 0 saturated carbocycles. The molecule has 1 N–H and O–H groups in total. The van der Waals surface area contributed by atoms with E-state index in [2.05, 4.69) is 5.32 Å². The molecular weight excluding hydrogens is 398 g/mol. The number of rotatable bonds is 4. The minimum Gasteiger partial charge on any atom is -0.452 e. The highest BCUT2D eigenvalue weighted by Crippen LogP contribution is 2.29. The summed E-state index contributed by atoms with van der Waals surface area (Å²) in [6.07, 6.45) is 0. The molecule has 1 amide bonds. The summed E-state index contributed by atoms with van der Waals surface area (Å²) in [4.78, 5) is 49.0. The fourth-order valence-electron chi connectivity index (χ4n) is 3.47. The third kappa shape index (κ3) is 3.71. The highest BCUT2D eigenvalue weighted by atomic mass is 16.5. The van der Waals surface area contributed by atoms with E-state index in [4.69, 9.17) is 4.74 Å². The Morgan fingerprint density at radius 2 is 1.45 bits per heavy atom. The van der Waals surface area contributed by atoms with E-state index in [0.29, 0.717) is 5.56 Å². The van der Waals surface area contributed by atoms with Crippen molar-refractivity contribution in [3.05, 3.63) is 87.1 Å². The summed E-state index contributed by atoms with van der Waals surface area (Å²) in [5.41, 5.74) is -0.762. The quantitative estimate of drug-likeness (QED) is 0.405. The van der Waals surface area contributed by atoms with Gasteiger partial charge in [-0.15, -0.1) is 0 Å². The van der Waals surface area contributed by atoms with E-state index < -0.39 is 29.7 Å². The molecule has 8 heteroatoms. The molecular formula is C23H19N3O5. The molecule has 0 spiro atoms. The molecule has 31 heavy (non-hydrogen) atoms. The van der Waals surface area contributed by atoms with E-state index >= 15 is 0 Å². The van der Waals surface area contributed by atoms with Crippen molar-refractivity contribution >= 4 is 39.2 Å². The summed E-state index contributed by atoms with van der Waals surface area (Å²) < 4.78 is 7.32. The van der Waals surface area contributed by atoms with Crippen molar-refractivity contribution in [3.8, 4) is 0 Å². The van der Waals surface area contributed by atoms with Gasteiger partial charge in [0.2, 0.25) is 0 Å². The molecule has 0 unspecified atom stereocenters. The number of benzene rings is 3. The number of fused-ring (bicyclic) bond motifs is 2. The number of nitrogens with zero attached hydrogens (tertiary/aromatic N) is 2. The van der Waals surface area contributed by atoms with Crippen molar-refractivity contribution < 1.29 is 14.3 Å². The predicted molar refractivity (Wildman–Crippen MR) is 117 cm³/mol. The first-order chi connectivity index (χ1) is 14.9. The Morgan fingerprint density at radius 1 is 0.871 bits per heavy atom. The molecule has 0 radical (unpaired) electrons. The maximum atomic E-state index is 12.9. The first kappa shape index (κ1) is 20.1. The summed E-state index contributed by atoms with van der Waals surface area (Å²) in [6.45, 7) is -0.570. The van der Waals surface area contributed by atoms with E-state index in [1.165, 1.54) is 14.1 Å². The van der Waals surface area contributed by atoms with Gasteiger partial charge in [0.1, 0.15) is 5.82 Å². The van der Waals surface area contributed by atoms with Crippen molar-refractivity contribution in [3.63, 3.8) is 0 Å². The largest absolute Gasteiger partial charge is 0.452 e. The van der Waals surface area contributed by atoms with Crippen LogP contribution in [0.5, 0.6) is 0 Å². The highest BCUT2D eigenvalue weighted by Gasteiger charge is 2.18. The van der Waals surface area contributed by atoms with Gasteiger partial charge in [-0.25, -0.2) is 9.59 Å². The van der Waals surface area contributed by atoms with Gasteiger partial charge in [0, 0.05) is 20.2 Å². The number of amides is 1. The number of carbonyl (C=O) groups is 2. The Bertz CT molecular complexity index is 1410. The average Bonchev–Trinajstić information content (AvgIpc) is 2.78. The summed E-state index contributed by atoms with van der Waals surface area (Å²) in [6, 6.07) is 18.0. The molecule has 0 aliphatic carbocycles. The number of carbonyl (C=O) groups excluding carboxylic acids is 2. The Hall–Kier alpha value is -4.20. The SMILES string of the molecule is Cn1c(NC(=O)COC(=O)c2c3ccccc3cc3ccccc23)cc(=O)n(C)c1=O.